The number of aromatic hydroxyl groups is 1. The van der Waals surface area contributed by atoms with Gasteiger partial charge >= 0.3 is 12.4 Å². The number of nitrogens with one attached hydrogen (secondary N) is 2. The molecule has 0 fully saturated rings. The molecule has 0 amide bonds. The van der Waals surface area contributed by atoms with E-state index in [2.05, 4.69) is 5.32 Å². The number of halogens is 7. The van der Waals surface area contributed by atoms with Gasteiger partial charge in [0.1, 0.15) is 10.6 Å². The van der Waals surface area contributed by atoms with Crippen molar-refractivity contribution in [2.45, 2.75) is 29.8 Å². The molecule has 17 heteroatoms. The van der Waals surface area contributed by atoms with Crippen molar-refractivity contribution in [3.8, 4) is 11.5 Å². The fraction of sp³-hybridized carbons (Fsp3) is 0.238. The predicted octanol–water partition coefficient (Wildman–Crippen LogP) is 3.90. The lowest BCUT2D eigenvalue weighted by atomic mass is 9.92. The van der Waals surface area contributed by atoms with Crippen LogP contribution in [0.2, 0.25) is 5.02 Å². The standard InChI is InChI=1S/C21H15ClF6N2O7S/c1-2-37-17-13(15(32)16(17)33)29-12-8-7-11(22)18(14(12)31)38(35,36)30-10-5-3-9(4-6-10)19(34,20(23,24)25)21(26,27)28/h3-8,29-31,34H,2H2,1H3. The Kier molecular flexibility index (Phi) is 7.39. The molecule has 3 rings (SSSR count). The molecule has 0 spiro atoms. The van der Waals surface area contributed by atoms with Gasteiger partial charge in [-0.15, -0.1) is 0 Å². The maximum Gasteiger partial charge on any atom is 0.430 e. The van der Waals surface area contributed by atoms with E-state index >= 15 is 0 Å². The minimum Gasteiger partial charge on any atom is -0.504 e. The SMILES string of the molecule is CCOc1c(Nc2ccc(Cl)c(S(=O)(=O)Nc3ccc(C(O)(C(F)(F)F)C(F)(F)F)cc3)c2O)c(=O)c1=O. The molecule has 0 bridgehead atoms. The number of anilines is 3. The van der Waals surface area contributed by atoms with Crippen LogP contribution in [0.4, 0.5) is 43.4 Å². The summed E-state index contributed by atoms with van der Waals surface area (Å²) in [5, 5.41) is 21.8. The number of phenols is 1. The van der Waals surface area contributed by atoms with E-state index in [9.17, 15) is 54.6 Å². The van der Waals surface area contributed by atoms with Crippen LogP contribution in [0.15, 0.2) is 50.9 Å². The first-order valence-electron chi connectivity index (χ1n) is 10.1. The second-order valence-corrected chi connectivity index (χ2v) is 9.61. The minimum absolute atomic E-state index is 0.0117. The molecule has 0 unspecified atom stereocenters. The van der Waals surface area contributed by atoms with E-state index in [4.69, 9.17) is 16.3 Å². The molecule has 0 aliphatic carbocycles. The van der Waals surface area contributed by atoms with Crippen LogP contribution in [-0.2, 0) is 15.6 Å². The summed E-state index contributed by atoms with van der Waals surface area (Å²) in [5.41, 5.74) is -10.2. The lowest BCUT2D eigenvalue weighted by molar-refractivity contribution is -0.376. The molecule has 206 valence electrons. The quantitative estimate of drug-likeness (QED) is 0.176. The van der Waals surface area contributed by atoms with E-state index in [0.29, 0.717) is 12.1 Å². The molecule has 38 heavy (non-hydrogen) atoms. The van der Waals surface area contributed by atoms with Crippen molar-refractivity contribution < 1.29 is 49.7 Å². The monoisotopic (exact) mass is 588 g/mol. The Bertz CT molecular complexity index is 1530. The first kappa shape index (κ1) is 29.1. The topological polar surface area (TPSA) is 142 Å². The van der Waals surface area contributed by atoms with Crippen molar-refractivity contribution in [1.29, 1.82) is 0 Å². The summed E-state index contributed by atoms with van der Waals surface area (Å²) in [4.78, 5) is 22.5. The van der Waals surface area contributed by atoms with E-state index in [1.54, 1.807) is 0 Å². The largest absolute Gasteiger partial charge is 0.504 e. The van der Waals surface area contributed by atoms with Gasteiger partial charge in [0.05, 0.1) is 17.3 Å². The third kappa shape index (κ3) is 4.86. The van der Waals surface area contributed by atoms with Gasteiger partial charge in [0.2, 0.25) is 0 Å². The maximum atomic E-state index is 13.1. The van der Waals surface area contributed by atoms with Crippen LogP contribution in [0.3, 0.4) is 0 Å². The van der Waals surface area contributed by atoms with E-state index < -0.39 is 71.4 Å². The Morgan fingerprint density at radius 1 is 0.947 bits per heavy atom. The average molecular weight is 589 g/mol. The summed E-state index contributed by atoms with van der Waals surface area (Å²) in [6.45, 7) is 1.54. The molecule has 0 aromatic heterocycles. The van der Waals surface area contributed by atoms with Gasteiger partial charge in [-0.3, -0.25) is 14.3 Å². The Morgan fingerprint density at radius 3 is 2.00 bits per heavy atom. The Hall–Kier alpha value is -3.50. The number of hydrogen-bond acceptors (Lipinski definition) is 8. The number of phenolic OH excluding ortho intramolecular Hbond substituents is 1. The van der Waals surface area contributed by atoms with Crippen LogP contribution in [-0.4, -0.2) is 37.6 Å². The summed E-state index contributed by atoms with van der Waals surface area (Å²) in [6, 6.07) is 3.49. The van der Waals surface area contributed by atoms with E-state index in [-0.39, 0.29) is 30.2 Å². The van der Waals surface area contributed by atoms with Crippen molar-refractivity contribution in [2.24, 2.45) is 0 Å². The second-order valence-electron chi connectivity index (χ2n) is 7.58. The Labute approximate surface area is 214 Å². The van der Waals surface area contributed by atoms with Crippen LogP contribution in [0.1, 0.15) is 12.5 Å². The number of ether oxygens (including phenoxy) is 1. The highest BCUT2D eigenvalue weighted by Crippen LogP contribution is 2.50. The highest BCUT2D eigenvalue weighted by Gasteiger charge is 2.71. The van der Waals surface area contributed by atoms with E-state index in [1.165, 1.54) is 6.92 Å². The van der Waals surface area contributed by atoms with Crippen molar-refractivity contribution >= 4 is 38.7 Å². The van der Waals surface area contributed by atoms with Gasteiger partial charge in [0.25, 0.3) is 26.5 Å². The molecule has 3 aromatic rings. The first-order chi connectivity index (χ1) is 17.4. The average Bonchev–Trinajstić information content (AvgIpc) is 2.80. The molecule has 0 radical (unpaired) electrons. The summed E-state index contributed by atoms with van der Waals surface area (Å²) in [7, 11) is -4.85. The molecular weight excluding hydrogens is 574 g/mol. The molecule has 0 atom stereocenters. The molecule has 9 nitrogen and oxygen atoms in total. The highest BCUT2D eigenvalue weighted by atomic mass is 35.5. The lowest BCUT2D eigenvalue weighted by Gasteiger charge is -2.32. The molecule has 3 aromatic carbocycles. The minimum atomic E-state index is -6.15. The molecule has 0 saturated carbocycles. The Balaban J connectivity index is 1.96. The van der Waals surface area contributed by atoms with Gasteiger partial charge in [-0.05, 0) is 31.2 Å². The van der Waals surface area contributed by atoms with Crippen LogP contribution >= 0.6 is 11.6 Å². The van der Waals surface area contributed by atoms with E-state index in [1.807, 2.05) is 4.72 Å². The van der Waals surface area contributed by atoms with Crippen molar-refractivity contribution in [2.75, 3.05) is 16.6 Å². The van der Waals surface area contributed by atoms with Crippen LogP contribution in [0, 0.1) is 0 Å². The zero-order valence-electron chi connectivity index (χ0n) is 18.7. The van der Waals surface area contributed by atoms with Gasteiger partial charge in [-0.2, -0.15) is 26.3 Å². The number of benzene rings is 2. The number of rotatable bonds is 8. The van der Waals surface area contributed by atoms with Gasteiger partial charge in [0.15, 0.2) is 11.5 Å². The fourth-order valence-electron chi connectivity index (χ4n) is 3.28. The molecule has 4 N–H and O–H groups in total. The third-order valence-electron chi connectivity index (χ3n) is 5.14. The number of sulfonamides is 1. The molecule has 0 saturated heterocycles. The maximum absolute atomic E-state index is 13.1. The van der Waals surface area contributed by atoms with Crippen LogP contribution in [0.25, 0.3) is 0 Å². The van der Waals surface area contributed by atoms with Crippen molar-refractivity contribution in [3.63, 3.8) is 0 Å². The number of hydrogen-bond donors (Lipinski definition) is 4. The predicted molar refractivity (Wildman–Crippen MR) is 122 cm³/mol. The zero-order chi connectivity index (χ0) is 28.8. The Morgan fingerprint density at radius 2 is 1.50 bits per heavy atom. The molecular formula is C21H15ClF6N2O7S. The molecule has 0 heterocycles. The van der Waals surface area contributed by atoms with E-state index in [0.717, 1.165) is 12.1 Å². The summed E-state index contributed by atoms with van der Waals surface area (Å²) in [6.07, 6.45) is -12.3. The van der Waals surface area contributed by atoms with Gasteiger partial charge in [-0.1, -0.05) is 23.7 Å². The summed E-state index contributed by atoms with van der Waals surface area (Å²) < 4.78 is 111. The second kappa shape index (κ2) is 9.67. The smallest absolute Gasteiger partial charge is 0.430 e. The first-order valence-corrected chi connectivity index (χ1v) is 12.0. The van der Waals surface area contributed by atoms with Crippen molar-refractivity contribution in [3.05, 3.63) is 67.4 Å². The van der Waals surface area contributed by atoms with Crippen molar-refractivity contribution in [1.82, 2.24) is 0 Å². The molecule has 0 aliphatic rings. The third-order valence-corrected chi connectivity index (χ3v) is 7.02. The molecule has 0 aliphatic heterocycles. The summed E-state index contributed by atoms with van der Waals surface area (Å²) >= 11 is 5.90. The lowest BCUT2D eigenvalue weighted by Crippen LogP contribution is -2.53. The van der Waals surface area contributed by atoms with Gasteiger partial charge < -0.3 is 20.3 Å². The normalized spacial score (nSPS) is 13.0. The number of alkyl halides is 6. The fourth-order valence-corrected chi connectivity index (χ4v) is 4.97. The van der Waals surface area contributed by atoms with Gasteiger partial charge in [-0.25, -0.2) is 8.42 Å². The highest BCUT2D eigenvalue weighted by molar-refractivity contribution is 7.93. The van der Waals surface area contributed by atoms with Crippen LogP contribution < -0.4 is 25.6 Å². The van der Waals surface area contributed by atoms with Crippen LogP contribution in [0.5, 0.6) is 11.5 Å². The summed E-state index contributed by atoms with van der Waals surface area (Å²) in [5.74, 6) is -1.40. The van der Waals surface area contributed by atoms with Gasteiger partial charge in [0, 0.05) is 11.3 Å². The zero-order valence-corrected chi connectivity index (χ0v) is 20.2. The number of aliphatic hydroxyl groups is 1.